The number of anilines is 1. The van der Waals surface area contributed by atoms with Gasteiger partial charge in [0.2, 0.25) is 0 Å². The third-order valence-corrected chi connectivity index (χ3v) is 8.57. The lowest BCUT2D eigenvalue weighted by Crippen LogP contribution is -2.27. The Morgan fingerprint density at radius 3 is 2.23 bits per heavy atom. The van der Waals surface area contributed by atoms with Gasteiger partial charge >= 0.3 is 0 Å². The van der Waals surface area contributed by atoms with Crippen molar-refractivity contribution >= 4 is 34.1 Å². The number of aliphatic imine (C=N–C) groups is 1. The van der Waals surface area contributed by atoms with Crippen LogP contribution in [0.4, 0.5) is 10.7 Å². The van der Waals surface area contributed by atoms with E-state index in [1.807, 2.05) is 6.07 Å². The third-order valence-electron chi connectivity index (χ3n) is 7.41. The van der Waals surface area contributed by atoms with Gasteiger partial charge in [0.15, 0.2) is 11.5 Å². The fourth-order valence-electron chi connectivity index (χ4n) is 5.00. The van der Waals surface area contributed by atoms with Crippen LogP contribution in [0.1, 0.15) is 53.6 Å². The topological polar surface area (TPSA) is 87.6 Å². The van der Waals surface area contributed by atoms with Crippen LogP contribution in [0, 0.1) is 11.3 Å². The molecule has 1 N–H and O–H groups in total. The lowest BCUT2D eigenvalue weighted by Gasteiger charge is -2.33. The minimum Gasteiger partial charge on any atom is -0.497 e. The number of nitrogens with one attached hydrogen (secondary N) is 1. The van der Waals surface area contributed by atoms with Crippen LogP contribution in [-0.2, 0) is 12.8 Å². The molecule has 0 spiro atoms. The Balaban J connectivity index is 1.77. The van der Waals surface area contributed by atoms with Gasteiger partial charge in [0.1, 0.15) is 22.2 Å². The van der Waals surface area contributed by atoms with Crippen molar-refractivity contribution in [2.75, 3.05) is 40.9 Å². The summed E-state index contributed by atoms with van der Waals surface area (Å²) < 4.78 is 27.3. The molecule has 0 radical (unpaired) electrons. The molecular weight excluding hydrogens is 528 g/mol. The van der Waals surface area contributed by atoms with Crippen LogP contribution in [0.15, 0.2) is 35.3 Å². The van der Waals surface area contributed by atoms with E-state index in [0.717, 1.165) is 24.8 Å². The Morgan fingerprint density at radius 2 is 1.60 bits per heavy atom. The van der Waals surface area contributed by atoms with Crippen LogP contribution in [0.5, 0.6) is 28.7 Å². The van der Waals surface area contributed by atoms with Crippen molar-refractivity contribution in [3.63, 3.8) is 0 Å². The number of ether oxygens (including phenoxy) is 5. The molecule has 8 nitrogen and oxygen atoms in total. The highest BCUT2D eigenvalue weighted by Gasteiger charge is 2.34. The first kappa shape index (κ1) is 29.3. The number of hydrogen-bond acceptors (Lipinski definition) is 8. The highest BCUT2D eigenvalue weighted by molar-refractivity contribution is 7.16. The van der Waals surface area contributed by atoms with E-state index in [0.29, 0.717) is 56.5 Å². The van der Waals surface area contributed by atoms with Crippen LogP contribution < -0.4 is 29.0 Å². The number of methoxy groups -OCH3 is 5. The number of fused-ring (bicyclic) bond motifs is 1. The molecular formula is C31H38N2O6S. The van der Waals surface area contributed by atoms with Crippen molar-refractivity contribution in [1.29, 1.82) is 0 Å². The quantitative estimate of drug-likeness (QED) is 0.282. The minimum absolute atomic E-state index is 0.178. The highest BCUT2D eigenvalue weighted by Crippen LogP contribution is 2.46. The predicted molar refractivity (Wildman–Crippen MR) is 160 cm³/mol. The van der Waals surface area contributed by atoms with Gasteiger partial charge in [0.05, 0.1) is 46.8 Å². The van der Waals surface area contributed by atoms with E-state index < -0.39 is 0 Å². The lowest BCUT2D eigenvalue weighted by atomic mass is 9.72. The molecule has 0 fully saturated rings. The number of rotatable bonds is 9. The largest absolute Gasteiger partial charge is 0.497 e. The summed E-state index contributed by atoms with van der Waals surface area (Å²) in [6.45, 7) is 6.84. The SMILES string of the molecule is COc1ccc(NC(=O)c2c(/N=C/c3cc(OC)c(OC)cc3OC)sc3c2CCC(C(C)(C)C)C3)c(OC)c1. The first-order chi connectivity index (χ1) is 19.1. The smallest absolute Gasteiger partial charge is 0.259 e. The van der Waals surface area contributed by atoms with E-state index >= 15 is 0 Å². The fraction of sp³-hybridized carbons (Fsp3) is 0.419. The molecule has 1 unspecified atom stereocenters. The third kappa shape index (κ3) is 6.04. The molecule has 1 aromatic heterocycles. The summed E-state index contributed by atoms with van der Waals surface area (Å²) in [7, 11) is 7.91. The second-order valence-electron chi connectivity index (χ2n) is 10.7. The van der Waals surface area contributed by atoms with Crippen LogP contribution in [-0.4, -0.2) is 47.7 Å². The van der Waals surface area contributed by atoms with E-state index in [1.54, 1.807) is 77.4 Å². The molecule has 9 heteroatoms. The summed E-state index contributed by atoms with van der Waals surface area (Å²) in [5.41, 5.74) is 3.12. The van der Waals surface area contributed by atoms with Crippen molar-refractivity contribution < 1.29 is 28.5 Å². The summed E-state index contributed by atoms with van der Waals surface area (Å²) in [6.07, 6.45) is 4.48. The van der Waals surface area contributed by atoms with Crippen molar-refractivity contribution in [3.05, 3.63) is 51.9 Å². The van der Waals surface area contributed by atoms with E-state index in [9.17, 15) is 4.79 Å². The summed E-state index contributed by atoms with van der Waals surface area (Å²) in [5, 5.41) is 3.71. The van der Waals surface area contributed by atoms with Gasteiger partial charge in [-0.05, 0) is 54.4 Å². The van der Waals surface area contributed by atoms with Crippen LogP contribution in [0.3, 0.4) is 0 Å². The molecule has 0 aliphatic heterocycles. The maximum atomic E-state index is 13.9. The van der Waals surface area contributed by atoms with Gasteiger partial charge in [-0.25, -0.2) is 4.99 Å². The summed E-state index contributed by atoms with van der Waals surface area (Å²) in [5.74, 6) is 3.18. The number of hydrogen-bond donors (Lipinski definition) is 1. The van der Waals surface area contributed by atoms with Gasteiger partial charge in [-0.15, -0.1) is 11.3 Å². The average Bonchev–Trinajstić information content (AvgIpc) is 3.33. The number of nitrogens with zero attached hydrogens (tertiary/aromatic N) is 1. The second-order valence-corrected chi connectivity index (χ2v) is 11.8. The summed E-state index contributed by atoms with van der Waals surface area (Å²) in [4.78, 5) is 19.9. The molecule has 0 saturated heterocycles. The van der Waals surface area contributed by atoms with E-state index in [4.69, 9.17) is 28.7 Å². The number of carbonyl (C=O) groups is 1. The zero-order valence-electron chi connectivity index (χ0n) is 24.5. The normalized spacial score (nSPS) is 14.9. The fourth-order valence-corrected chi connectivity index (χ4v) is 6.27. The Hall–Kier alpha value is -3.72. The van der Waals surface area contributed by atoms with Crippen molar-refractivity contribution in [3.8, 4) is 28.7 Å². The van der Waals surface area contributed by atoms with E-state index in [2.05, 4.69) is 26.1 Å². The molecule has 4 rings (SSSR count). The molecule has 1 aliphatic carbocycles. The van der Waals surface area contributed by atoms with Gasteiger partial charge in [-0.2, -0.15) is 0 Å². The number of thiophene rings is 1. The van der Waals surface area contributed by atoms with Gasteiger partial charge in [0, 0.05) is 28.8 Å². The Labute approximate surface area is 240 Å². The van der Waals surface area contributed by atoms with Gasteiger partial charge in [-0.1, -0.05) is 20.8 Å². The van der Waals surface area contributed by atoms with Crippen LogP contribution >= 0.6 is 11.3 Å². The number of carbonyl (C=O) groups excluding carboxylic acids is 1. The first-order valence-electron chi connectivity index (χ1n) is 13.1. The van der Waals surface area contributed by atoms with Gasteiger partial charge in [0.25, 0.3) is 5.91 Å². The molecule has 1 atom stereocenters. The van der Waals surface area contributed by atoms with Gasteiger partial charge in [-0.3, -0.25) is 4.79 Å². The average molecular weight is 567 g/mol. The standard InChI is InChI=1S/C31H38N2O6S/c1-31(2,3)19-9-11-21-27(14-19)40-30(32-17-18-13-25(38-7)26(39-8)16-23(18)36-5)28(21)29(34)33-22-12-10-20(35-4)15-24(22)37-6/h10,12-13,15-17,19H,9,11,14H2,1-8H3,(H,33,34)/b32-17+. The first-order valence-corrected chi connectivity index (χ1v) is 14.0. The maximum Gasteiger partial charge on any atom is 0.259 e. The molecule has 40 heavy (non-hydrogen) atoms. The van der Waals surface area contributed by atoms with Crippen molar-refractivity contribution in [2.24, 2.45) is 16.3 Å². The molecule has 3 aromatic rings. The summed E-state index contributed by atoms with van der Waals surface area (Å²) >= 11 is 1.58. The van der Waals surface area contributed by atoms with Crippen molar-refractivity contribution in [2.45, 2.75) is 40.0 Å². The van der Waals surface area contributed by atoms with E-state index in [-0.39, 0.29) is 11.3 Å². The van der Waals surface area contributed by atoms with Crippen molar-refractivity contribution in [1.82, 2.24) is 0 Å². The molecule has 2 aromatic carbocycles. The zero-order valence-corrected chi connectivity index (χ0v) is 25.3. The lowest BCUT2D eigenvalue weighted by molar-refractivity contribution is 0.102. The monoisotopic (exact) mass is 566 g/mol. The number of amides is 1. The molecule has 1 amide bonds. The van der Waals surface area contributed by atoms with Gasteiger partial charge < -0.3 is 29.0 Å². The summed E-state index contributed by atoms with van der Waals surface area (Å²) in [6, 6.07) is 8.89. The number of benzene rings is 2. The molecule has 214 valence electrons. The minimum atomic E-state index is -0.221. The van der Waals surface area contributed by atoms with E-state index in [1.165, 1.54) is 4.88 Å². The Morgan fingerprint density at radius 1 is 0.925 bits per heavy atom. The maximum absolute atomic E-state index is 13.9. The Bertz CT molecular complexity index is 1410. The van der Waals surface area contributed by atoms with Crippen LogP contribution in [0.25, 0.3) is 0 Å². The molecule has 1 aliphatic rings. The second kappa shape index (κ2) is 12.2. The molecule has 0 bridgehead atoms. The Kier molecular flexibility index (Phi) is 8.93. The zero-order chi connectivity index (χ0) is 29.0. The van der Waals surface area contributed by atoms with Crippen LogP contribution in [0.2, 0.25) is 0 Å². The molecule has 1 heterocycles. The highest BCUT2D eigenvalue weighted by atomic mass is 32.1. The molecule has 0 saturated carbocycles. The predicted octanol–water partition coefficient (Wildman–Crippen LogP) is 6.95.